The van der Waals surface area contributed by atoms with Crippen molar-refractivity contribution in [3.05, 3.63) is 0 Å². The van der Waals surface area contributed by atoms with E-state index in [1.165, 1.54) is 19.3 Å². The molecule has 0 spiro atoms. The van der Waals surface area contributed by atoms with E-state index in [0.29, 0.717) is 6.04 Å². The minimum Gasteiger partial charge on any atom is -0.352 e. The highest BCUT2D eigenvalue weighted by Crippen LogP contribution is 2.20. The van der Waals surface area contributed by atoms with Gasteiger partial charge in [0.25, 0.3) is 0 Å². The minimum absolute atomic E-state index is 0.205. The third kappa shape index (κ3) is 3.23. The van der Waals surface area contributed by atoms with E-state index in [9.17, 15) is 4.79 Å². The number of nitrogens with zero attached hydrogens (tertiary/aromatic N) is 1. The quantitative estimate of drug-likeness (QED) is 0.792. The Morgan fingerprint density at radius 1 is 1.17 bits per heavy atom. The second kappa shape index (κ2) is 6.02. The van der Waals surface area contributed by atoms with Crippen molar-refractivity contribution in [1.29, 1.82) is 0 Å². The molecule has 2 N–H and O–H groups in total. The summed E-state index contributed by atoms with van der Waals surface area (Å²) in [5.74, 6) is 0.205. The maximum atomic E-state index is 12.5. The third-order valence-corrected chi connectivity index (χ3v) is 4.40. The van der Waals surface area contributed by atoms with Crippen molar-refractivity contribution in [3.8, 4) is 0 Å². The van der Waals surface area contributed by atoms with Crippen LogP contribution in [-0.4, -0.2) is 48.6 Å². The molecule has 0 unspecified atom stereocenters. The van der Waals surface area contributed by atoms with E-state index in [1.807, 2.05) is 0 Å². The maximum Gasteiger partial charge on any atom is 0.240 e. The van der Waals surface area contributed by atoms with Crippen LogP contribution in [0.4, 0.5) is 0 Å². The molecular weight excluding hydrogens is 226 g/mol. The molecule has 1 saturated heterocycles. The summed E-state index contributed by atoms with van der Waals surface area (Å²) in [5.41, 5.74) is -0.375. The fraction of sp³-hybridized carbons (Fsp3) is 0.929. The molecule has 2 fully saturated rings. The zero-order chi connectivity index (χ0) is 13.0. The van der Waals surface area contributed by atoms with Gasteiger partial charge in [-0.1, -0.05) is 19.3 Å². The van der Waals surface area contributed by atoms with Gasteiger partial charge in [-0.15, -0.1) is 0 Å². The fourth-order valence-electron chi connectivity index (χ4n) is 2.98. The van der Waals surface area contributed by atoms with Gasteiger partial charge in [0.1, 0.15) is 0 Å². The molecular formula is C14H27N3O. The topological polar surface area (TPSA) is 44.4 Å². The zero-order valence-electron chi connectivity index (χ0n) is 11.8. The van der Waals surface area contributed by atoms with Crippen LogP contribution >= 0.6 is 0 Å². The average Bonchev–Trinajstić information content (AvgIpc) is 2.41. The van der Waals surface area contributed by atoms with Gasteiger partial charge < -0.3 is 10.6 Å². The molecule has 0 aromatic carbocycles. The van der Waals surface area contributed by atoms with Crippen LogP contribution < -0.4 is 10.6 Å². The Kier molecular flexibility index (Phi) is 4.62. The molecule has 18 heavy (non-hydrogen) atoms. The van der Waals surface area contributed by atoms with Crippen LogP contribution in [0, 0.1) is 0 Å². The highest BCUT2D eigenvalue weighted by Gasteiger charge is 2.36. The molecule has 4 nitrogen and oxygen atoms in total. The van der Waals surface area contributed by atoms with Crippen molar-refractivity contribution in [1.82, 2.24) is 15.5 Å². The van der Waals surface area contributed by atoms with Crippen LogP contribution in [0.5, 0.6) is 0 Å². The second-order valence-electron chi connectivity index (χ2n) is 6.10. The molecule has 1 heterocycles. The number of carbonyl (C=O) groups is 1. The highest BCUT2D eigenvalue weighted by molar-refractivity contribution is 5.85. The number of amides is 1. The van der Waals surface area contributed by atoms with Gasteiger partial charge in [0.05, 0.1) is 5.54 Å². The van der Waals surface area contributed by atoms with Crippen molar-refractivity contribution < 1.29 is 4.79 Å². The van der Waals surface area contributed by atoms with E-state index in [2.05, 4.69) is 29.4 Å². The van der Waals surface area contributed by atoms with Crippen LogP contribution in [0.25, 0.3) is 0 Å². The molecule has 1 saturated carbocycles. The molecule has 0 radical (unpaired) electrons. The Morgan fingerprint density at radius 2 is 1.78 bits per heavy atom. The van der Waals surface area contributed by atoms with Crippen LogP contribution in [0.3, 0.4) is 0 Å². The highest BCUT2D eigenvalue weighted by atomic mass is 16.2. The molecule has 4 heteroatoms. The van der Waals surface area contributed by atoms with Crippen molar-refractivity contribution in [2.24, 2.45) is 0 Å². The summed E-state index contributed by atoms with van der Waals surface area (Å²) in [7, 11) is 0. The molecule has 0 aromatic rings. The maximum absolute atomic E-state index is 12.5. The first-order valence-electron chi connectivity index (χ1n) is 7.37. The summed E-state index contributed by atoms with van der Waals surface area (Å²) in [5, 5.41) is 6.59. The Labute approximate surface area is 110 Å². The number of hydrogen-bond donors (Lipinski definition) is 2. The normalized spacial score (nSPS) is 23.9. The molecule has 104 valence electrons. The predicted octanol–water partition coefficient (Wildman–Crippen LogP) is 1.12. The number of piperazine rings is 1. The molecule has 0 bridgehead atoms. The first-order valence-corrected chi connectivity index (χ1v) is 7.37. The number of carbonyl (C=O) groups excluding carboxylic acids is 1. The van der Waals surface area contributed by atoms with Gasteiger partial charge in [0.2, 0.25) is 5.91 Å². The third-order valence-electron chi connectivity index (χ3n) is 4.40. The SMILES string of the molecule is CC(C)(C(=O)NC1CCCCC1)N1CCNCC1. The zero-order valence-corrected chi connectivity index (χ0v) is 11.8. The minimum atomic E-state index is -0.375. The van der Waals surface area contributed by atoms with Crippen LogP contribution in [0.1, 0.15) is 46.0 Å². The monoisotopic (exact) mass is 253 g/mol. The van der Waals surface area contributed by atoms with Gasteiger partial charge in [-0.3, -0.25) is 9.69 Å². The Bertz CT molecular complexity index is 279. The second-order valence-corrected chi connectivity index (χ2v) is 6.10. The van der Waals surface area contributed by atoms with Gasteiger partial charge in [0, 0.05) is 32.2 Å². The summed E-state index contributed by atoms with van der Waals surface area (Å²) in [6, 6.07) is 0.411. The van der Waals surface area contributed by atoms with Gasteiger partial charge >= 0.3 is 0 Å². The van der Waals surface area contributed by atoms with E-state index in [0.717, 1.165) is 39.0 Å². The Balaban J connectivity index is 1.88. The lowest BCUT2D eigenvalue weighted by atomic mass is 9.93. The van der Waals surface area contributed by atoms with Crippen molar-refractivity contribution in [2.45, 2.75) is 57.5 Å². The molecule has 1 aliphatic heterocycles. The smallest absolute Gasteiger partial charge is 0.240 e. The summed E-state index contributed by atoms with van der Waals surface area (Å²) >= 11 is 0. The van der Waals surface area contributed by atoms with Gasteiger partial charge in [-0.2, -0.15) is 0 Å². The van der Waals surface area contributed by atoms with E-state index in [1.54, 1.807) is 0 Å². The lowest BCUT2D eigenvalue weighted by molar-refractivity contribution is -0.133. The Hall–Kier alpha value is -0.610. The number of nitrogens with one attached hydrogen (secondary N) is 2. The average molecular weight is 253 g/mol. The summed E-state index contributed by atoms with van der Waals surface area (Å²) in [4.78, 5) is 14.8. The summed E-state index contributed by atoms with van der Waals surface area (Å²) in [6.45, 7) is 8.00. The van der Waals surface area contributed by atoms with E-state index in [-0.39, 0.29) is 11.4 Å². The summed E-state index contributed by atoms with van der Waals surface area (Å²) < 4.78 is 0. The summed E-state index contributed by atoms with van der Waals surface area (Å²) in [6.07, 6.45) is 6.17. The molecule has 1 aliphatic carbocycles. The van der Waals surface area contributed by atoms with Gasteiger partial charge in [-0.25, -0.2) is 0 Å². The van der Waals surface area contributed by atoms with Crippen LogP contribution in [0.2, 0.25) is 0 Å². The fourth-order valence-corrected chi connectivity index (χ4v) is 2.98. The first-order chi connectivity index (χ1) is 8.60. The number of hydrogen-bond acceptors (Lipinski definition) is 3. The Morgan fingerprint density at radius 3 is 2.39 bits per heavy atom. The van der Waals surface area contributed by atoms with E-state index >= 15 is 0 Å². The van der Waals surface area contributed by atoms with Crippen molar-refractivity contribution >= 4 is 5.91 Å². The van der Waals surface area contributed by atoms with Gasteiger partial charge in [0.15, 0.2) is 0 Å². The lowest BCUT2D eigenvalue weighted by Crippen LogP contribution is -2.61. The van der Waals surface area contributed by atoms with E-state index < -0.39 is 0 Å². The van der Waals surface area contributed by atoms with Crippen LogP contribution in [0.15, 0.2) is 0 Å². The van der Waals surface area contributed by atoms with Crippen molar-refractivity contribution in [3.63, 3.8) is 0 Å². The largest absolute Gasteiger partial charge is 0.352 e. The molecule has 0 atom stereocenters. The van der Waals surface area contributed by atoms with Crippen LogP contribution in [-0.2, 0) is 4.79 Å². The number of rotatable bonds is 3. The standard InChI is InChI=1S/C14H27N3O/c1-14(2,17-10-8-15-9-11-17)13(18)16-12-6-4-3-5-7-12/h12,15H,3-11H2,1-2H3,(H,16,18). The van der Waals surface area contributed by atoms with E-state index in [4.69, 9.17) is 0 Å². The first kappa shape index (κ1) is 13.8. The van der Waals surface area contributed by atoms with Crippen molar-refractivity contribution in [2.75, 3.05) is 26.2 Å². The molecule has 2 aliphatic rings. The molecule has 0 aromatic heterocycles. The predicted molar refractivity (Wildman–Crippen MR) is 73.5 cm³/mol. The van der Waals surface area contributed by atoms with Gasteiger partial charge in [-0.05, 0) is 26.7 Å². The lowest BCUT2D eigenvalue weighted by Gasteiger charge is -2.40. The molecule has 2 rings (SSSR count). The molecule has 1 amide bonds.